The smallest absolute Gasteiger partial charge is 0.210 e. The number of methoxy groups -OCH3 is 1. The van der Waals surface area contributed by atoms with E-state index in [9.17, 15) is 8.42 Å². The zero-order chi connectivity index (χ0) is 19.6. The molecule has 0 amide bonds. The van der Waals surface area contributed by atoms with Crippen molar-refractivity contribution in [1.82, 2.24) is 4.98 Å². The van der Waals surface area contributed by atoms with Gasteiger partial charge in [-0.05, 0) is 56.3 Å². The number of aromatic nitrogens is 1. The van der Waals surface area contributed by atoms with Crippen LogP contribution in [0.4, 0.5) is 5.69 Å². The number of hydrogen-bond acceptors (Lipinski definition) is 5. The van der Waals surface area contributed by atoms with E-state index < -0.39 is 9.84 Å². The highest BCUT2D eigenvalue weighted by Gasteiger charge is 2.26. The first-order valence-electron chi connectivity index (χ1n) is 8.64. The van der Waals surface area contributed by atoms with Gasteiger partial charge in [-0.2, -0.15) is 0 Å². The molecule has 0 aliphatic carbocycles. The largest absolute Gasteiger partial charge is 0.497 e. The monoisotopic (exact) mass is 404 g/mol. The van der Waals surface area contributed by atoms with E-state index in [2.05, 4.69) is 4.98 Å². The molecule has 0 aliphatic heterocycles. The summed E-state index contributed by atoms with van der Waals surface area (Å²) < 4.78 is 32.1. The average molecular weight is 405 g/mol. The van der Waals surface area contributed by atoms with Gasteiger partial charge in [0.15, 0.2) is 0 Å². The van der Waals surface area contributed by atoms with E-state index in [1.54, 1.807) is 19.2 Å². The summed E-state index contributed by atoms with van der Waals surface area (Å²) in [5.74, 6) is 0.652. The summed E-state index contributed by atoms with van der Waals surface area (Å²) in [5, 5.41) is 1.23. The van der Waals surface area contributed by atoms with Crippen molar-refractivity contribution >= 4 is 38.0 Å². The molecule has 0 unspecified atom stereocenters. The molecule has 1 heterocycles. The van der Waals surface area contributed by atoms with E-state index in [-0.39, 0.29) is 9.79 Å². The van der Waals surface area contributed by atoms with Gasteiger partial charge in [-0.3, -0.25) is 4.98 Å². The van der Waals surface area contributed by atoms with Gasteiger partial charge in [0, 0.05) is 29.7 Å². The van der Waals surface area contributed by atoms with Crippen LogP contribution in [0.5, 0.6) is 5.75 Å². The molecule has 142 valence electrons. The molecular weight excluding hydrogens is 384 g/mol. The minimum Gasteiger partial charge on any atom is -0.497 e. The average Bonchev–Trinajstić information content (AvgIpc) is 2.68. The molecule has 1 aromatic heterocycles. The molecule has 7 heteroatoms. The van der Waals surface area contributed by atoms with Crippen molar-refractivity contribution in [2.75, 3.05) is 25.1 Å². The second kappa shape index (κ2) is 7.74. The highest BCUT2D eigenvalue weighted by Crippen LogP contribution is 2.37. The van der Waals surface area contributed by atoms with Crippen LogP contribution in [-0.4, -0.2) is 33.6 Å². The fourth-order valence-electron chi connectivity index (χ4n) is 3.07. The van der Waals surface area contributed by atoms with Crippen molar-refractivity contribution in [3.05, 3.63) is 53.7 Å². The maximum absolute atomic E-state index is 13.4. The van der Waals surface area contributed by atoms with Gasteiger partial charge in [0.2, 0.25) is 9.84 Å². The number of halogens is 1. The first-order chi connectivity index (χ1) is 12.9. The Balaban J connectivity index is 2.34. The minimum absolute atomic E-state index is 0.175. The van der Waals surface area contributed by atoms with Crippen LogP contribution in [0.1, 0.15) is 13.8 Å². The number of hydrogen-bond donors (Lipinski definition) is 0. The summed E-state index contributed by atoms with van der Waals surface area (Å²) in [4.78, 5) is 6.77. The molecule has 0 N–H and O–H groups in total. The molecule has 27 heavy (non-hydrogen) atoms. The molecular formula is C20H21ClN2O3S. The van der Waals surface area contributed by atoms with Crippen molar-refractivity contribution < 1.29 is 13.2 Å². The Morgan fingerprint density at radius 2 is 1.74 bits per heavy atom. The molecule has 5 nitrogen and oxygen atoms in total. The lowest BCUT2D eigenvalue weighted by Gasteiger charge is -2.25. The van der Waals surface area contributed by atoms with Crippen molar-refractivity contribution in [1.29, 1.82) is 0 Å². The van der Waals surface area contributed by atoms with Gasteiger partial charge >= 0.3 is 0 Å². The van der Waals surface area contributed by atoms with Crippen LogP contribution in [-0.2, 0) is 9.84 Å². The zero-order valence-corrected chi connectivity index (χ0v) is 17.0. The summed E-state index contributed by atoms with van der Waals surface area (Å²) in [6.45, 7) is 5.31. The predicted molar refractivity (Wildman–Crippen MR) is 109 cm³/mol. The molecule has 0 atom stereocenters. The van der Waals surface area contributed by atoms with Gasteiger partial charge in [-0.25, -0.2) is 8.42 Å². The van der Waals surface area contributed by atoms with Crippen LogP contribution >= 0.6 is 11.6 Å². The molecule has 0 aliphatic rings. The van der Waals surface area contributed by atoms with Crippen LogP contribution in [0.3, 0.4) is 0 Å². The highest BCUT2D eigenvalue weighted by molar-refractivity contribution is 7.91. The number of benzene rings is 2. The van der Waals surface area contributed by atoms with Crippen LogP contribution in [0, 0.1) is 0 Å². The van der Waals surface area contributed by atoms with Crippen LogP contribution in [0.15, 0.2) is 58.5 Å². The Labute approximate surface area is 164 Å². The van der Waals surface area contributed by atoms with Gasteiger partial charge in [0.1, 0.15) is 10.6 Å². The van der Waals surface area contributed by atoms with Crippen molar-refractivity contribution in [2.24, 2.45) is 0 Å². The predicted octanol–water partition coefficient (Wildman–Crippen LogP) is 4.58. The number of pyridine rings is 1. The number of fused-ring (bicyclic) bond motifs is 1. The fraction of sp³-hybridized carbons (Fsp3) is 0.250. The molecule has 3 aromatic rings. The third-order valence-electron chi connectivity index (χ3n) is 4.51. The van der Waals surface area contributed by atoms with Crippen molar-refractivity contribution in [2.45, 2.75) is 23.6 Å². The molecule has 0 fully saturated rings. The minimum atomic E-state index is -3.77. The Bertz CT molecular complexity index is 1060. The lowest BCUT2D eigenvalue weighted by molar-refractivity contribution is 0.415. The van der Waals surface area contributed by atoms with Gasteiger partial charge in [-0.1, -0.05) is 11.6 Å². The van der Waals surface area contributed by atoms with Crippen LogP contribution in [0.2, 0.25) is 5.02 Å². The number of ether oxygens (including phenoxy) is 1. The van der Waals surface area contributed by atoms with Gasteiger partial charge in [0.05, 0.1) is 23.2 Å². The van der Waals surface area contributed by atoms with Gasteiger partial charge < -0.3 is 9.64 Å². The van der Waals surface area contributed by atoms with Crippen molar-refractivity contribution in [3.8, 4) is 5.75 Å². The Morgan fingerprint density at radius 1 is 1.07 bits per heavy atom. The highest BCUT2D eigenvalue weighted by atomic mass is 35.5. The number of nitrogens with zero attached hydrogens (tertiary/aromatic N) is 2. The number of anilines is 1. The van der Waals surface area contributed by atoms with E-state index >= 15 is 0 Å². The third kappa shape index (κ3) is 3.59. The maximum Gasteiger partial charge on any atom is 0.210 e. The summed E-state index contributed by atoms with van der Waals surface area (Å²) in [7, 11) is -2.18. The Hall–Kier alpha value is -2.31. The van der Waals surface area contributed by atoms with Crippen LogP contribution in [0.25, 0.3) is 10.9 Å². The van der Waals surface area contributed by atoms with Gasteiger partial charge in [-0.15, -0.1) is 0 Å². The summed E-state index contributed by atoms with van der Waals surface area (Å²) in [6.07, 6.45) is 1.44. The Kier molecular flexibility index (Phi) is 5.58. The zero-order valence-electron chi connectivity index (χ0n) is 15.4. The molecule has 0 radical (unpaired) electrons. The summed E-state index contributed by atoms with van der Waals surface area (Å²) in [6, 6.07) is 11.6. The maximum atomic E-state index is 13.4. The van der Waals surface area contributed by atoms with E-state index in [1.807, 2.05) is 36.9 Å². The first-order valence-corrected chi connectivity index (χ1v) is 10.5. The summed E-state index contributed by atoms with van der Waals surface area (Å²) >= 11 is 5.92. The quantitative estimate of drug-likeness (QED) is 0.602. The van der Waals surface area contributed by atoms with E-state index in [4.69, 9.17) is 16.3 Å². The number of sulfone groups is 1. The SMILES string of the molecule is CCN(CC)c1c(S(=O)(=O)c2ccc(Cl)cc2)cnc2ccc(OC)cc12. The van der Waals surface area contributed by atoms with Crippen LogP contribution < -0.4 is 9.64 Å². The molecule has 0 spiro atoms. The molecule has 0 bridgehead atoms. The van der Waals surface area contributed by atoms with E-state index in [0.29, 0.717) is 35.1 Å². The Morgan fingerprint density at radius 3 is 2.33 bits per heavy atom. The normalized spacial score (nSPS) is 11.6. The van der Waals surface area contributed by atoms with E-state index in [0.717, 1.165) is 5.39 Å². The summed E-state index contributed by atoms with van der Waals surface area (Å²) in [5.41, 5.74) is 1.35. The third-order valence-corrected chi connectivity index (χ3v) is 6.53. The fourth-order valence-corrected chi connectivity index (χ4v) is 4.63. The molecule has 0 saturated carbocycles. The second-order valence-corrected chi connectivity index (χ2v) is 8.34. The first kappa shape index (κ1) is 19.5. The standard InChI is InChI=1S/C20H21ClN2O3S/c1-4-23(5-2)20-17-12-15(26-3)8-11-18(17)22-13-19(20)27(24,25)16-9-6-14(21)7-10-16/h6-13H,4-5H2,1-3H3. The molecule has 3 rings (SSSR count). The molecule has 0 saturated heterocycles. The number of rotatable bonds is 6. The molecule has 2 aromatic carbocycles. The lowest BCUT2D eigenvalue weighted by Crippen LogP contribution is -2.24. The lowest BCUT2D eigenvalue weighted by atomic mass is 10.1. The van der Waals surface area contributed by atoms with Crippen molar-refractivity contribution in [3.63, 3.8) is 0 Å². The topological polar surface area (TPSA) is 59.5 Å². The van der Waals surface area contributed by atoms with Gasteiger partial charge in [0.25, 0.3) is 0 Å². The van der Waals surface area contributed by atoms with E-state index in [1.165, 1.54) is 18.3 Å². The second-order valence-electron chi connectivity index (χ2n) is 5.98.